The maximum absolute atomic E-state index is 11.1. The van der Waals surface area contributed by atoms with Gasteiger partial charge in [0, 0.05) is 11.1 Å². The van der Waals surface area contributed by atoms with Gasteiger partial charge in [-0.05, 0) is 51.4 Å². The van der Waals surface area contributed by atoms with Crippen molar-refractivity contribution in [2.45, 2.75) is 72.6 Å². The lowest BCUT2D eigenvalue weighted by atomic mass is 10.1. The molecule has 178 valence electrons. The second kappa shape index (κ2) is 19.5. The first-order valence-corrected chi connectivity index (χ1v) is 11.1. The van der Waals surface area contributed by atoms with Gasteiger partial charge in [-0.25, -0.2) is 14.4 Å². The monoisotopic (exact) mass is 439 g/mol. The molecule has 0 bridgehead atoms. The Morgan fingerprint density at radius 1 is 0.903 bits per heavy atom. The zero-order valence-corrected chi connectivity index (χ0v) is 19.7. The maximum atomic E-state index is 11.1. The van der Waals surface area contributed by atoms with Crippen molar-refractivity contribution in [3.05, 3.63) is 36.0 Å². The highest BCUT2D eigenvalue weighted by Gasteiger charge is 2.11. The maximum Gasteiger partial charge on any atom is 0.335 e. The van der Waals surface area contributed by atoms with Gasteiger partial charge in [0.25, 0.3) is 0 Å². The van der Waals surface area contributed by atoms with Crippen molar-refractivity contribution < 1.29 is 29.3 Å². The molecule has 7 heteroatoms. The van der Waals surface area contributed by atoms with Gasteiger partial charge in [0.15, 0.2) is 0 Å². The molecule has 0 amide bonds. The fraction of sp³-hybridized carbons (Fsp3) is 0.625. The molecule has 0 heterocycles. The molecule has 2 N–H and O–H groups in total. The summed E-state index contributed by atoms with van der Waals surface area (Å²) >= 11 is 0. The molecule has 0 aliphatic carbocycles. The molecular formula is C24H41NO6. The van der Waals surface area contributed by atoms with Gasteiger partial charge in [-0.2, -0.15) is 0 Å². The van der Waals surface area contributed by atoms with E-state index in [9.17, 15) is 14.4 Å². The third-order valence-corrected chi connectivity index (χ3v) is 4.66. The van der Waals surface area contributed by atoms with E-state index in [1.807, 2.05) is 20.8 Å². The predicted molar refractivity (Wildman–Crippen MR) is 124 cm³/mol. The Morgan fingerprint density at radius 2 is 1.52 bits per heavy atom. The summed E-state index contributed by atoms with van der Waals surface area (Å²) in [6.07, 6.45) is 7.37. The molecular weight excluding hydrogens is 398 g/mol. The Hall–Kier alpha value is -2.41. The van der Waals surface area contributed by atoms with Crippen LogP contribution in [-0.4, -0.2) is 59.3 Å². The van der Waals surface area contributed by atoms with E-state index in [1.165, 1.54) is 12.8 Å². The van der Waals surface area contributed by atoms with E-state index in [0.717, 1.165) is 38.6 Å². The Bertz CT molecular complexity index is 605. The molecule has 0 aliphatic heterocycles. The molecule has 0 saturated carbocycles. The first-order chi connectivity index (χ1) is 14.6. The minimum Gasteiger partial charge on any atom is -0.478 e. The van der Waals surface area contributed by atoms with E-state index in [0.29, 0.717) is 31.4 Å². The van der Waals surface area contributed by atoms with Crippen molar-refractivity contribution >= 4 is 17.9 Å². The van der Waals surface area contributed by atoms with Crippen LogP contribution in [0.3, 0.4) is 0 Å². The molecule has 31 heavy (non-hydrogen) atoms. The average Bonchev–Trinajstić information content (AvgIpc) is 2.75. The number of nitrogens with zero attached hydrogens (tertiary/aromatic N) is 1. The fourth-order valence-corrected chi connectivity index (χ4v) is 2.49. The first-order valence-electron chi connectivity index (χ1n) is 11.1. The van der Waals surface area contributed by atoms with Gasteiger partial charge in [0.1, 0.15) is 0 Å². The summed E-state index contributed by atoms with van der Waals surface area (Å²) in [6.45, 7) is 18.3. The van der Waals surface area contributed by atoms with Gasteiger partial charge >= 0.3 is 17.9 Å². The van der Waals surface area contributed by atoms with E-state index in [1.54, 1.807) is 0 Å². The van der Waals surface area contributed by atoms with E-state index < -0.39 is 11.9 Å². The number of carbonyl (C=O) groups excluding carboxylic acids is 1. The molecule has 0 aromatic rings. The number of hydrogen-bond donors (Lipinski definition) is 2. The van der Waals surface area contributed by atoms with Gasteiger partial charge < -0.3 is 19.8 Å². The normalized spacial score (nSPS) is 10.8. The average molecular weight is 440 g/mol. The zero-order valence-electron chi connectivity index (χ0n) is 19.7. The second-order valence-corrected chi connectivity index (χ2v) is 7.09. The fourth-order valence-electron chi connectivity index (χ4n) is 2.49. The zero-order chi connectivity index (χ0) is 24.2. The van der Waals surface area contributed by atoms with Crippen molar-refractivity contribution in [3.8, 4) is 0 Å². The highest BCUT2D eigenvalue weighted by atomic mass is 16.5. The topological polar surface area (TPSA) is 104 Å². The number of carboxylic acid groups (broad SMARTS) is 2. The summed E-state index contributed by atoms with van der Waals surface area (Å²) in [5, 5.41) is 17.6. The Kier molecular flexibility index (Phi) is 19.4. The molecule has 0 atom stereocenters. The van der Waals surface area contributed by atoms with Gasteiger partial charge in [0.2, 0.25) is 0 Å². The SMILES string of the molecule is C=C(C=C(CCCN(CC)CC)C(=O)O)C(=O)O.C=C(CC)C(=O)OCCCCCC. The Balaban J connectivity index is 0. The smallest absolute Gasteiger partial charge is 0.335 e. The Morgan fingerprint density at radius 3 is 1.97 bits per heavy atom. The first kappa shape index (κ1) is 30.8. The predicted octanol–water partition coefficient (Wildman–Crippen LogP) is 4.84. The van der Waals surface area contributed by atoms with Crippen molar-refractivity contribution in [1.82, 2.24) is 4.90 Å². The minimum absolute atomic E-state index is 0.0922. The van der Waals surface area contributed by atoms with Gasteiger partial charge in [0.05, 0.1) is 12.2 Å². The molecule has 0 rings (SSSR count). The molecule has 0 unspecified atom stereocenters. The summed E-state index contributed by atoms with van der Waals surface area (Å²) in [5.74, 6) is -2.52. The summed E-state index contributed by atoms with van der Waals surface area (Å²) in [7, 11) is 0. The van der Waals surface area contributed by atoms with Crippen molar-refractivity contribution in [1.29, 1.82) is 0 Å². The molecule has 7 nitrogen and oxygen atoms in total. The summed E-state index contributed by atoms with van der Waals surface area (Å²) in [5.41, 5.74) is 0.459. The molecule has 0 radical (unpaired) electrons. The lowest BCUT2D eigenvalue weighted by Crippen LogP contribution is -2.24. The highest BCUT2D eigenvalue weighted by Crippen LogP contribution is 2.10. The van der Waals surface area contributed by atoms with Crippen LogP contribution in [0.1, 0.15) is 72.6 Å². The third kappa shape index (κ3) is 17.0. The number of unbranched alkanes of at least 4 members (excludes halogenated alkanes) is 3. The van der Waals surface area contributed by atoms with Crippen LogP contribution in [0.2, 0.25) is 0 Å². The summed E-state index contributed by atoms with van der Waals surface area (Å²) < 4.78 is 5.00. The molecule has 0 saturated heterocycles. The number of ether oxygens (including phenoxy) is 1. The Labute approximate surface area is 187 Å². The number of carboxylic acids is 2. The number of esters is 1. The number of rotatable bonds is 16. The largest absolute Gasteiger partial charge is 0.478 e. The number of carbonyl (C=O) groups is 3. The van der Waals surface area contributed by atoms with Crippen LogP contribution in [0, 0.1) is 0 Å². The van der Waals surface area contributed by atoms with Gasteiger partial charge in [-0.15, -0.1) is 0 Å². The van der Waals surface area contributed by atoms with Crippen LogP contribution in [-0.2, 0) is 19.1 Å². The van der Waals surface area contributed by atoms with Gasteiger partial charge in [-0.1, -0.05) is 60.1 Å². The molecule has 0 aromatic heterocycles. The lowest BCUT2D eigenvalue weighted by Gasteiger charge is -2.17. The van der Waals surface area contributed by atoms with Crippen LogP contribution in [0.4, 0.5) is 0 Å². The van der Waals surface area contributed by atoms with Crippen LogP contribution in [0.5, 0.6) is 0 Å². The van der Waals surface area contributed by atoms with E-state index in [-0.39, 0.29) is 17.1 Å². The molecule has 0 fully saturated rings. The third-order valence-electron chi connectivity index (χ3n) is 4.66. The van der Waals surface area contributed by atoms with E-state index in [4.69, 9.17) is 14.9 Å². The van der Waals surface area contributed by atoms with Crippen molar-refractivity contribution in [2.24, 2.45) is 0 Å². The minimum atomic E-state index is -1.20. The standard InChI is InChI=1S/C13H21NO4.C11H20O2/c1-4-14(5-2)8-6-7-11(13(17)18)9-10(3)12(15)16;1-4-6-7-8-9-13-11(12)10(3)5-2/h9H,3-8H2,1-2H3,(H,15,16)(H,17,18);3-9H2,1-2H3. The van der Waals surface area contributed by atoms with Crippen LogP contribution in [0.15, 0.2) is 36.0 Å². The highest BCUT2D eigenvalue weighted by molar-refractivity contribution is 5.94. The lowest BCUT2D eigenvalue weighted by molar-refractivity contribution is -0.139. The number of aliphatic carboxylic acids is 2. The number of hydrogen-bond acceptors (Lipinski definition) is 5. The summed E-state index contributed by atoms with van der Waals surface area (Å²) in [6, 6.07) is 0. The van der Waals surface area contributed by atoms with Crippen LogP contribution >= 0.6 is 0 Å². The second-order valence-electron chi connectivity index (χ2n) is 7.09. The molecule has 0 aliphatic rings. The van der Waals surface area contributed by atoms with E-state index >= 15 is 0 Å². The van der Waals surface area contributed by atoms with Crippen molar-refractivity contribution in [2.75, 3.05) is 26.2 Å². The molecule has 0 spiro atoms. The molecule has 0 aromatic carbocycles. The van der Waals surface area contributed by atoms with E-state index in [2.05, 4.69) is 25.0 Å². The quantitative estimate of drug-likeness (QED) is 0.153. The summed E-state index contributed by atoms with van der Waals surface area (Å²) in [4.78, 5) is 34.8. The van der Waals surface area contributed by atoms with Gasteiger partial charge in [-0.3, -0.25) is 0 Å². The van der Waals surface area contributed by atoms with Crippen LogP contribution < -0.4 is 0 Å². The van der Waals surface area contributed by atoms with Crippen LogP contribution in [0.25, 0.3) is 0 Å². The van der Waals surface area contributed by atoms with Crippen molar-refractivity contribution in [3.63, 3.8) is 0 Å².